The predicted octanol–water partition coefficient (Wildman–Crippen LogP) is 4.95. The molecule has 0 saturated heterocycles. The Morgan fingerprint density at radius 3 is 2.27 bits per heavy atom. The molecule has 2 nitrogen and oxygen atoms in total. The van der Waals surface area contributed by atoms with Gasteiger partial charge in [-0.3, -0.25) is 0 Å². The molecule has 0 spiro atoms. The molecule has 0 aliphatic carbocycles. The van der Waals surface area contributed by atoms with E-state index < -0.39 is 0 Å². The molecule has 0 amide bonds. The molecule has 22 heavy (non-hydrogen) atoms. The summed E-state index contributed by atoms with van der Waals surface area (Å²) in [5.74, 6) is -0.222. The smallest absolute Gasteiger partial charge is 0.338 e. The van der Waals surface area contributed by atoms with Gasteiger partial charge in [-0.1, -0.05) is 60.9 Å². The van der Waals surface area contributed by atoms with Crippen molar-refractivity contribution in [2.45, 2.75) is 39.0 Å². The van der Waals surface area contributed by atoms with Gasteiger partial charge in [-0.25, -0.2) is 4.79 Å². The summed E-state index contributed by atoms with van der Waals surface area (Å²) in [7, 11) is 0. The largest absolute Gasteiger partial charge is 0.462 e. The van der Waals surface area contributed by atoms with E-state index >= 15 is 0 Å². The minimum Gasteiger partial charge on any atom is -0.462 e. The van der Waals surface area contributed by atoms with Gasteiger partial charge < -0.3 is 4.74 Å². The number of carbonyl (C=O) groups excluding carboxylic acids is 1. The van der Waals surface area contributed by atoms with Crippen molar-refractivity contribution >= 4 is 5.97 Å². The molecular weight excluding hydrogens is 272 g/mol. The summed E-state index contributed by atoms with van der Waals surface area (Å²) in [6.07, 6.45) is 5.54. The summed E-state index contributed by atoms with van der Waals surface area (Å²) in [6, 6.07) is 17.9. The van der Waals surface area contributed by atoms with Gasteiger partial charge in [0.15, 0.2) is 0 Å². The van der Waals surface area contributed by atoms with Crippen LogP contribution < -0.4 is 0 Å². The zero-order valence-electron chi connectivity index (χ0n) is 13.3. The van der Waals surface area contributed by atoms with Crippen LogP contribution in [-0.4, -0.2) is 12.6 Å². The number of ether oxygens (including phenoxy) is 1. The molecular formula is C20H24O2. The molecule has 2 heteroatoms. The maximum absolute atomic E-state index is 11.7. The number of hydrogen-bond donors (Lipinski definition) is 0. The highest BCUT2D eigenvalue weighted by Crippen LogP contribution is 2.10. The fraction of sp³-hybridized carbons (Fsp3) is 0.350. The van der Waals surface area contributed by atoms with Crippen LogP contribution in [0.2, 0.25) is 0 Å². The van der Waals surface area contributed by atoms with Gasteiger partial charge >= 0.3 is 5.97 Å². The predicted molar refractivity (Wildman–Crippen MR) is 90.1 cm³/mol. The molecule has 0 unspecified atom stereocenters. The number of hydrogen-bond acceptors (Lipinski definition) is 2. The van der Waals surface area contributed by atoms with Crippen LogP contribution in [0.4, 0.5) is 0 Å². The summed E-state index contributed by atoms with van der Waals surface area (Å²) < 4.78 is 5.27. The van der Waals surface area contributed by atoms with Crippen LogP contribution >= 0.6 is 0 Å². The Bertz CT molecular complexity index is 558. The molecule has 0 radical (unpaired) electrons. The monoisotopic (exact) mass is 296 g/mol. The second-order valence-electron chi connectivity index (χ2n) is 5.65. The summed E-state index contributed by atoms with van der Waals surface area (Å²) in [5, 5.41) is 0. The second-order valence-corrected chi connectivity index (χ2v) is 5.65. The van der Waals surface area contributed by atoms with Crippen molar-refractivity contribution in [2.24, 2.45) is 0 Å². The molecule has 116 valence electrons. The fourth-order valence-electron chi connectivity index (χ4n) is 2.36. The Morgan fingerprint density at radius 1 is 0.864 bits per heavy atom. The van der Waals surface area contributed by atoms with Gasteiger partial charge in [-0.05, 0) is 43.9 Å². The van der Waals surface area contributed by atoms with E-state index in [0.29, 0.717) is 12.2 Å². The van der Waals surface area contributed by atoms with E-state index in [4.69, 9.17) is 4.74 Å². The number of benzene rings is 2. The van der Waals surface area contributed by atoms with Crippen LogP contribution in [0.15, 0.2) is 54.6 Å². The normalized spacial score (nSPS) is 10.4. The zero-order valence-corrected chi connectivity index (χ0v) is 13.3. The summed E-state index contributed by atoms with van der Waals surface area (Å²) in [5.41, 5.74) is 3.34. The SMILES string of the molecule is Cc1ccc(CCCCCCOC(=O)c2ccccc2)cc1. The molecule has 0 saturated carbocycles. The molecule has 0 aliphatic rings. The first-order chi connectivity index (χ1) is 10.8. The summed E-state index contributed by atoms with van der Waals surface area (Å²) >= 11 is 0. The van der Waals surface area contributed by atoms with Gasteiger partial charge in [0.1, 0.15) is 0 Å². The number of unbranched alkanes of at least 4 members (excludes halogenated alkanes) is 3. The van der Waals surface area contributed by atoms with E-state index in [1.54, 1.807) is 12.1 Å². The molecule has 0 bridgehead atoms. The number of aryl methyl sites for hydroxylation is 2. The van der Waals surface area contributed by atoms with E-state index in [1.807, 2.05) is 18.2 Å². The van der Waals surface area contributed by atoms with Gasteiger partial charge in [0.25, 0.3) is 0 Å². The van der Waals surface area contributed by atoms with Crippen LogP contribution in [0.5, 0.6) is 0 Å². The average Bonchev–Trinajstić information content (AvgIpc) is 2.56. The lowest BCUT2D eigenvalue weighted by molar-refractivity contribution is 0.0497. The highest BCUT2D eigenvalue weighted by molar-refractivity contribution is 5.89. The van der Waals surface area contributed by atoms with Crippen LogP contribution in [-0.2, 0) is 11.2 Å². The third kappa shape index (κ3) is 5.72. The van der Waals surface area contributed by atoms with E-state index in [1.165, 1.54) is 24.0 Å². The average molecular weight is 296 g/mol. The molecule has 2 aromatic rings. The van der Waals surface area contributed by atoms with Gasteiger partial charge in [0.05, 0.1) is 12.2 Å². The lowest BCUT2D eigenvalue weighted by Gasteiger charge is -2.05. The van der Waals surface area contributed by atoms with E-state index in [-0.39, 0.29) is 5.97 Å². The van der Waals surface area contributed by atoms with E-state index in [9.17, 15) is 4.79 Å². The maximum atomic E-state index is 11.7. The van der Waals surface area contributed by atoms with Crippen molar-refractivity contribution in [3.05, 3.63) is 71.3 Å². The van der Waals surface area contributed by atoms with Crippen molar-refractivity contribution in [2.75, 3.05) is 6.61 Å². The quantitative estimate of drug-likeness (QED) is 0.508. The van der Waals surface area contributed by atoms with Crippen LogP contribution in [0.25, 0.3) is 0 Å². The highest BCUT2D eigenvalue weighted by Gasteiger charge is 2.04. The molecule has 0 fully saturated rings. The van der Waals surface area contributed by atoms with E-state index in [2.05, 4.69) is 31.2 Å². The lowest BCUT2D eigenvalue weighted by atomic mass is 10.1. The molecule has 0 aromatic heterocycles. The van der Waals surface area contributed by atoms with Gasteiger partial charge in [-0.2, -0.15) is 0 Å². The van der Waals surface area contributed by atoms with Crippen LogP contribution in [0, 0.1) is 6.92 Å². The van der Waals surface area contributed by atoms with Gasteiger partial charge in [0, 0.05) is 0 Å². The number of carbonyl (C=O) groups is 1. The Balaban J connectivity index is 1.52. The minimum atomic E-state index is -0.222. The molecule has 0 atom stereocenters. The third-order valence-corrected chi connectivity index (χ3v) is 3.72. The Morgan fingerprint density at radius 2 is 1.55 bits per heavy atom. The first-order valence-electron chi connectivity index (χ1n) is 8.03. The van der Waals surface area contributed by atoms with Crippen molar-refractivity contribution in [3.8, 4) is 0 Å². The Kier molecular flexibility index (Phi) is 6.69. The van der Waals surface area contributed by atoms with Gasteiger partial charge in [0.2, 0.25) is 0 Å². The topological polar surface area (TPSA) is 26.3 Å². The standard InChI is InChI=1S/C20H24O2/c1-17-12-14-18(15-13-17)9-5-2-3-8-16-22-20(21)19-10-6-4-7-11-19/h4,6-7,10-15H,2-3,5,8-9,16H2,1H3. The molecule has 0 aliphatic heterocycles. The molecule has 0 N–H and O–H groups in total. The number of esters is 1. The molecule has 2 rings (SSSR count). The van der Waals surface area contributed by atoms with Crippen molar-refractivity contribution in [1.82, 2.24) is 0 Å². The minimum absolute atomic E-state index is 0.222. The third-order valence-electron chi connectivity index (χ3n) is 3.72. The Hall–Kier alpha value is -2.09. The first-order valence-corrected chi connectivity index (χ1v) is 8.03. The fourth-order valence-corrected chi connectivity index (χ4v) is 2.36. The van der Waals surface area contributed by atoms with Crippen molar-refractivity contribution < 1.29 is 9.53 Å². The second kappa shape index (κ2) is 9.04. The summed E-state index contributed by atoms with van der Waals surface area (Å²) in [4.78, 5) is 11.7. The van der Waals surface area contributed by atoms with Crippen LogP contribution in [0.3, 0.4) is 0 Å². The van der Waals surface area contributed by atoms with Gasteiger partial charge in [-0.15, -0.1) is 0 Å². The lowest BCUT2D eigenvalue weighted by Crippen LogP contribution is -2.06. The highest BCUT2D eigenvalue weighted by atomic mass is 16.5. The van der Waals surface area contributed by atoms with Crippen molar-refractivity contribution in [1.29, 1.82) is 0 Å². The van der Waals surface area contributed by atoms with E-state index in [0.717, 1.165) is 19.3 Å². The zero-order chi connectivity index (χ0) is 15.6. The van der Waals surface area contributed by atoms with Crippen molar-refractivity contribution in [3.63, 3.8) is 0 Å². The number of rotatable bonds is 8. The summed E-state index contributed by atoms with van der Waals surface area (Å²) in [6.45, 7) is 2.62. The Labute approximate surface area is 133 Å². The van der Waals surface area contributed by atoms with Crippen LogP contribution in [0.1, 0.15) is 47.2 Å². The first kappa shape index (κ1) is 16.3. The maximum Gasteiger partial charge on any atom is 0.338 e. The molecule has 2 aromatic carbocycles. The molecule has 0 heterocycles.